The first-order valence-electron chi connectivity index (χ1n) is 10.9. The summed E-state index contributed by atoms with van der Waals surface area (Å²) in [7, 11) is 0. The zero-order valence-electron chi connectivity index (χ0n) is 18.2. The molecule has 1 aliphatic carbocycles. The van der Waals surface area contributed by atoms with Crippen molar-refractivity contribution in [2.75, 3.05) is 24.5 Å². The molecule has 8 nitrogen and oxygen atoms in total. The van der Waals surface area contributed by atoms with Gasteiger partial charge in [0.2, 0.25) is 0 Å². The number of carboxylic acid groups (broad SMARTS) is 1. The Balaban J connectivity index is 1.60. The number of benzene rings is 1. The number of amides is 1. The van der Waals surface area contributed by atoms with Gasteiger partial charge in [0, 0.05) is 42.0 Å². The molecule has 2 aliphatic rings. The maximum atomic E-state index is 11.9. The lowest BCUT2D eigenvalue weighted by Crippen LogP contribution is -2.57. The van der Waals surface area contributed by atoms with Crippen LogP contribution in [0.5, 0.6) is 0 Å². The van der Waals surface area contributed by atoms with Crippen molar-refractivity contribution in [1.29, 1.82) is 0 Å². The number of anilines is 1. The molecule has 1 unspecified atom stereocenters. The Morgan fingerprint density at radius 1 is 1.25 bits per heavy atom. The minimum atomic E-state index is -1.22. The molecule has 32 heavy (non-hydrogen) atoms. The van der Waals surface area contributed by atoms with Gasteiger partial charge in [0.15, 0.2) is 0 Å². The van der Waals surface area contributed by atoms with E-state index in [1.54, 1.807) is 18.5 Å². The Morgan fingerprint density at radius 2 is 2.00 bits per heavy atom. The Labute approximate surface area is 192 Å². The summed E-state index contributed by atoms with van der Waals surface area (Å²) in [4.78, 5) is 36.8. The minimum absolute atomic E-state index is 0.127. The van der Waals surface area contributed by atoms with Gasteiger partial charge in [-0.3, -0.25) is 4.90 Å². The third kappa shape index (κ3) is 4.42. The molecule has 1 aromatic carbocycles. The predicted octanol–water partition coefficient (Wildman–Crippen LogP) is 3.27. The van der Waals surface area contributed by atoms with Gasteiger partial charge in [0.05, 0.1) is 6.04 Å². The quantitative estimate of drug-likeness (QED) is 0.642. The van der Waals surface area contributed by atoms with E-state index in [2.05, 4.69) is 38.9 Å². The number of hydrogen-bond donors (Lipinski definition) is 2. The molecular formula is C23H28ClN5O3. The van der Waals surface area contributed by atoms with Crippen molar-refractivity contribution >= 4 is 29.8 Å². The molecule has 2 heterocycles. The van der Waals surface area contributed by atoms with Crippen LogP contribution in [0.15, 0.2) is 30.6 Å². The first-order valence-corrected chi connectivity index (χ1v) is 11.3. The number of nitrogens with one attached hydrogen (secondary N) is 1. The molecule has 4 rings (SSSR count). The Bertz CT molecular complexity index is 986. The maximum absolute atomic E-state index is 11.9. The standard InChI is InChI=1S/C23H28ClN5O3/c1-14-3-8-18-20(14)22(26-13-25-18)29-10-9-28(11-15(29)2)21(19(12-30)27-23(31)32)16-4-6-17(24)7-5-16/h4-7,12-15,19,21,27H,3,8-11H2,1-2H3,(H,31,32)/t14-,15+,19?,21+/m1/s1. The molecule has 9 heteroatoms. The highest BCUT2D eigenvalue weighted by Crippen LogP contribution is 2.38. The number of nitrogens with zero attached hydrogens (tertiary/aromatic N) is 4. The fraction of sp³-hybridized carbons (Fsp3) is 0.478. The van der Waals surface area contributed by atoms with Gasteiger partial charge in [-0.05, 0) is 43.4 Å². The summed E-state index contributed by atoms with van der Waals surface area (Å²) in [5, 5.41) is 12.2. The molecule has 1 amide bonds. The number of rotatable bonds is 6. The molecule has 2 N–H and O–H groups in total. The molecule has 2 aromatic rings. The number of piperazine rings is 1. The molecule has 1 fully saturated rings. The van der Waals surface area contributed by atoms with E-state index in [0.717, 1.165) is 36.5 Å². The maximum Gasteiger partial charge on any atom is 0.405 e. The summed E-state index contributed by atoms with van der Waals surface area (Å²) < 4.78 is 0. The lowest BCUT2D eigenvalue weighted by molar-refractivity contribution is -0.111. The van der Waals surface area contributed by atoms with Gasteiger partial charge >= 0.3 is 6.09 Å². The molecule has 0 radical (unpaired) electrons. The molecule has 4 atom stereocenters. The van der Waals surface area contributed by atoms with Crippen molar-refractivity contribution in [2.45, 2.75) is 50.7 Å². The van der Waals surface area contributed by atoms with Crippen LogP contribution in [0.25, 0.3) is 0 Å². The molecule has 0 bridgehead atoms. The average molecular weight is 458 g/mol. The third-order valence-electron chi connectivity index (χ3n) is 6.57. The Kier molecular flexibility index (Phi) is 6.62. The van der Waals surface area contributed by atoms with Crippen LogP contribution in [0.3, 0.4) is 0 Å². The zero-order chi connectivity index (χ0) is 22.8. The highest BCUT2D eigenvalue weighted by atomic mass is 35.5. The number of halogens is 1. The van der Waals surface area contributed by atoms with Gasteiger partial charge in [0.25, 0.3) is 0 Å². The van der Waals surface area contributed by atoms with Gasteiger partial charge in [-0.2, -0.15) is 0 Å². The monoisotopic (exact) mass is 457 g/mol. The van der Waals surface area contributed by atoms with Crippen molar-refractivity contribution < 1.29 is 14.7 Å². The highest BCUT2D eigenvalue weighted by Gasteiger charge is 2.37. The topological polar surface area (TPSA) is 98.7 Å². The van der Waals surface area contributed by atoms with Crippen LogP contribution in [-0.2, 0) is 11.2 Å². The van der Waals surface area contributed by atoms with Crippen molar-refractivity contribution in [3.63, 3.8) is 0 Å². The number of hydrogen-bond acceptors (Lipinski definition) is 6. The van der Waals surface area contributed by atoms with Crippen molar-refractivity contribution in [3.8, 4) is 0 Å². The van der Waals surface area contributed by atoms with E-state index in [1.807, 2.05) is 12.1 Å². The zero-order valence-corrected chi connectivity index (χ0v) is 19.0. The van der Waals surface area contributed by atoms with Crippen LogP contribution in [0.4, 0.5) is 10.6 Å². The van der Waals surface area contributed by atoms with E-state index < -0.39 is 18.2 Å². The number of carbonyl (C=O) groups is 2. The van der Waals surface area contributed by atoms with Crippen LogP contribution in [0.2, 0.25) is 5.02 Å². The van der Waals surface area contributed by atoms with E-state index in [0.29, 0.717) is 30.3 Å². The fourth-order valence-electron chi connectivity index (χ4n) is 5.04. The van der Waals surface area contributed by atoms with Gasteiger partial charge in [0.1, 0.15) is 24.5 Å². The van der Waals surface area contributed by atoms with Gasteiger partial charge < -0.3 is 20.1 Å². The van der Waals surface area contributed by atoms with Crippen molar-refractivity contribution in [1.82, 2.24) is 20.2 Å². The fourth-order valence-corrected chi connectivity index (χ4v) is 5.17. The van der Waals surface area contributed by atoms with Crippen molar-refractivity contribution in [2.24, 2.45) is 0 Å². The van der Waals surface area contributed by atoms with Crippen LogP contribution in [0.1, 0.15) is 49.0 Å². The van der Waals surface area contributed by atoms with E-state index in [9.17, 15) is 14.7 Å². The molecule has 170 valence electrons. The van der Waals surface area contributed by atoms with E-state index in [-0.39, 0.29) is 6.04 Å². The highest BCUT2D eigenvalue weighted by molar-refractivity contribution is 6.30. The second-order valence-electron chi connectivity index (χ2n) is 8.64. The first-order chi connectivity index (χ1) is 15.4. The minimum Gasteiger partial charge on any atom is -0.465 e. The normalized spacial score (nSPS) is 22.8. The van der Waals surface area contributed by atoms with Crippen molar-refractivity contribution in [3.05, 3.63) is 52.4 Å². The van der Waals surface area contributed by atoms with Crippen LogP contribution in [-0.4, -0.2) is 64.1 Å². The lowest BCUT2D eigenvalue weighted by Gasteiger charge is -2.45. The third-order valence-corrected chi connectivity index (χ3v) is 6.82. The summed E-state index contributed by atoms with van der Waals surface area (Å²) in [6.45, 7) is 6.41. The predicted molar refractivity (Wildman–Crippen MR) is 122 cm³/mol. The molecule has 0 spiro atoms. The SMILES string of the molecule is C[C@@H]1CCc2ncnc(N3CCN([C@@H](c4ccc(Cl)cc4)C(C=O)NC(=O)O)C[C@@H]3C)c21. The lowest BCUT2D eigenvalue weighted by atomic mass is 9.96. The summed E-state index contributed by atoms with van der Waals surface area (Å²) in [6.07, 6.45) is 3.18. The molecule has 0 saturated carbocycles. The summed E-state index contributed by atoms with van der Waals surface area (Å²) >= 11 is 6.06. The number of carbonyl (C=O) groups excluding carboxylic acids is 1. The van der Waals surface area contributed by atoms with E-state index in [1.165, 1.54) is 5.56 Å². The van der Waals surface area contributed by atoms with Crippen LogP contribution < -0.4 is 10.2 Å². The molecule has 1 aromatic heterocycles. The Hall–Kier alpha value is -2.71. The first kappa shape index (κ1) is 22.5. The second-order valence-corrected chi connectivity index (χ2v) is 9.08. The van der Waals surface area contributed by atoms with Crippen LogP contribution in [0, 0.1) is 0 Å². The van der Waals surface area contributed by atoms with E-state index >= 15 is 0 Å². The number of aromatic nitrogens is 2. The molecule has 1 saturated heterocycles. The number of aryl methyl sites for hydroxylation is 1. The summed E-state index contributed by atoms with van der Waals surface area (Å²) in [5.74, 6) is 1.44. The average Bonchev–Trinajstić information content (AvgIpc) is 3.15. The van der Waals surface area contributed by atoms with Gasteiger partial charge in [-0.1, -0.05) is 30.7 Å². The van der Waals surface area contributed by atoms with Crippen LogP contribution >= 0.6 is 11.6 Å². The smallest absolute Gasteiger partial charge is 0.405 e. The van der Waals surface area contributed by atoms with E-state index in [4.69, 9.17) is 11.6 Å². The molecule has 1 aliphatic heterocycles. The summed E-state index contributed by atoms with van der Waals surface area (Å²) in [6, 6.07) is 6.03. The van der Waals surface area contributed by atoms with Gasteiger partial charge in [-0.15, -0.1) is 0 Å². The summed E-state index contributed by atoms with van der Waals surface area (Å²) in [5.41, 5.74) is 3.24. The second kappa shape index (κ2) is 9.42. The number of aldehydes is 1. The Morgan fingerprint density at radius 3 is 2.66 bits per heavy atom. The number of fused-ring (bicyclic) bond motifs is 1. The largest absolute Gasteiger partial charge is 0.465 e. The van der Waals surface area contributed by atoms with Gasteiger partial charge in [-0.25, -0.2) is 14.8 Å². The molecular weight excluding hydrogens is 430 g/mol.